The molecule has 2 atom stereocenters. The van der Waals surface area contributed by atoms with E-state index in [4.69, 9.17) is 5.73 Å². The average Bonchev–Trinajstić information content (AvgIpc) is 2.47. The van der Waals surface area contributed by atoms with Crippen LogP contribution in [0.5, 0.6) is 0 Å². The summed E-state index contributed by atoms with van der Waals surface area (Å²) in [6.07, 6.45) is 2.02. The molecule has 1 fully saturated rings. The van der Waals surface area contributed by atoms with E-state index in [-0.39, 0.29) is 6.04 Å². The Balaban J connectivity index is 2.19. The fourth-order valence-electron chi connectivity index (χ4n) is 3.30. The molecule has 2 N–H and O–H groups in total. The van der Waals surface area contributed by atoms with E-state index in [9.17, 15) is 0 Å². The molecule has 0 saturated carbocycles. The highest BCUT2D eigenvalue weighted by Gasteiger charge is 2.24. The van der Waals surface area contributed by atoms with Crippen LogP contribution in [0.2, 0.25) is 0 Å². The first-order valence-electron chi connectivity index (χ1n) is 8.39. The van der Waals surface area contributed by atoms with Crippen molar-refractivity contribution in [2.24, 2.45) is 5.73 Å². The van der Waals surface area contributed by atoms with Crippen molar-refractivity contribution in [1.29, 1.82) is 0 Å². The first kappa shape index (κ1) is 16.3. The van der Waals surface area contributed by atoms with Crippen molar-refractivity contribution >= 4 is 5.69 Å². The van der Waals surface area contributed by atoms with Gasteiger partial charge in [0.05, 0.1) is 0 Å². The fourth-order valence-corrected chi connectivity index (χ4v) is 3.30. The fraction of sp³-hybridized carbons (Fsp3) is 0.667. The van der Waals surface area contributed by atoms with Gasteiger partial charge in [-0.2, -0.15) is 0 Å². The summed E-state index contributed by atoms with van der Waals surface area (Å²) in [5, 5.41) is 0. The number of rotatable bonds is 5. The van der Waals surface area contributed by atoms with Crippen LogP contribution in [0.1, 0.15) is 38.3 Å². The van der Waals surface area contributed by atoms with Crippen molar-refractivity contribution < 1.29 is 0 Å². The van der Waals surface area contributed by atoms with E-state index in [2.05, 4.69) is 55.7 Å². The number of piperazine rings is 1. The number of hydrogen-bond donors (Lipinski definition) is 1. The predicted molar refractivity (Wildman–Crippen MR) is 92.1 cm³/mol. The van der Waals surface area contributed by atoms with Crippen LogP contribution in [0.25, 0.3) is 0 Å². The van der Waals surface area contributed by atoms with Gasteiger partial charge in [-0.1, -0.05) is 31.5 Å². The second kappa shape index (κ2) is 7.28. The van der Waals surface area contributed by atoms with E-state index < -0.39 is 0 Å². The summed E-state index contributed by atoms with van der Waals surface area (Å²) in [5.74, 6) is 0. The third-order valence-electron chi connectivity index (χ3n) is 4.75. The highest BCUT2D eigenvalue weighted by atomic mass is 15.3. The topological polar surface area (TPSA) is 32.5 Å². The summed E-state index contributed by atoms with van der Waals surface area (Å²) >= 11 is 0. The van der Waals surface area contributed by atoms with Crippen molar-refractivity contribution in [1.82, 2.24) is 4.90 Å². The van der Waals surface area contributed by atoms with Crippen LogP contribution in [-0.4, -0.2) is 43.2 Å². The Labute approximate surface area is 130 Å². The van der Waals surface area contributed by atoms with Gasteiger partial charge in [0.15, 0.2) is 0 Å². The van der Waals surface area contributed by atoms with Crippen LogP contribution in [0.3, 0.4) is 0 Å². The Morgan fingerprint density at radius 3 is 2.67 bits per heavy atom. The first-order valence-corrected chi connectivity index (χ1v) is 8.39. The van der Waals surface area contributed by atoms with Crippen molar-refractivity contribution in [2.75, 3.05) is 31.1 Å². The van der Waals surface area contributed by atoms with E-state index in [1.807, 2.05) is 0 Å². The zero-order chi connectivity index (χ0) is 15.4. The lowest BCUT2D eigenvalue weighted by Crippen LogP contribution is -2.52. The van der Waals surface area contributed by atoms with Crippen LogP contribution in [-0.2, 0) is 6.42 Å². The zero-order valence-corrected chi connectivity index (χ0v) is 14.1. The van der Waals surface area contributed by atoms with E-state index >= 15 is 0 Å². The molecule has 118 valence electrons. The monoisotopic (exact) mass is 289 g/mol. The number of aryl methyl sites for hydroxylation is 1. The minimum absolute atomic E-state index is 0.264. The Hall–Kier alpha value is -1.06. The molecule has 1 aliphatic heterocycles. The number of anilines is 1. The van der Waals surface area contributed by atoms with Crippen molar-refractivity contribution in [3.63, 3.8) is 0 Å². The largest absolute Gasteiger partial charge is 0.368 e. The molecule has 2 rings (SSSR count). The SMILES string of the molecule is CCC(N)Cc1cc(C)ccc1N1CCN(CC)C(C)C1. The smallest absolute Gasteiger partial charge is 0.0400 e. The highest BCUT2D eigenvalue weighted by molar-refractivity contribution is 5.56. The molecule has 0 spiro atoms. The summed E-state index contributed by atoms with van der Waals surface area (Å²) in [4.78, 5) is 5.11. The Kier molecular flexibility index (Phi) is 5.65. The second-order valence-corrected chi connectivity index (χ2v) is 6.43. The van der Waals surface area contributed by atoms with Gasteiger partial charge in [0.2, 0.25) is 0 Å². The minimum atomic E-state index is 0.264. The molecule has 1 aromatic rings. The van der Waals surface area contributed by atoms with Crippen LogP contribution in [0.4, 0.5) is 5.69 Å². The standard InChI is InChI=1S/C18H31N3/c1-5-17(19)12-16-11-14(3)7-8-18(16)21-10-9-20(6-2)15(4)13-21/h7-8,11,15,17H,5-6,9-10,12-13,19H2,1-4H3. The van der Waals surface area contributed by atoms with Gasteiger partial charge >= 0.3 is 0 Å². The number of likely N-dealkylation sites (N-methyl/N-ethyl adjacent to an activating group) is 1. The van der Waals surface area contributed by atoms with Crippen LogP contribution in [0.15, 0.2) is 18.2 Å². The van der Waals surface area contributed by atoms with Gasteiger partial charge in [-0.05, 0) is 44.9 Å². The molecule has 0 aromatic heterocycles. The Morgan fingerprint density at radius 2 is 2.05 bits per heavy atom. The third-order valence-corrected chi connectivity index (χ3v) is 4.75. The molecule has 1 aliphatic rings. The van der Waals surface area contributed by atoms with Gasteiger partial charge in [-0.25, -0.2) is 0 Å². The van der Waals surface area contributed by atoms with Crippen LogP contribution >= 0.6 is 0 Å². The molecule has 21 heavy (non-hydrogen) atoms. The molecule has 0 amide bonds. The molecule has 3 heteroatoms. The van der Waals surface area contributed by atoms with Crippen LogP contribution in [0, 0.1) is 6.92 Å². The lowest BCUT2D eigenvalue weighted by atomic mass is 9.99. The summed E-state index contributed by atoms with van der Waals surface area (Å²) < 4.78 is 0. The van der Waals surface area contributed by atoms with Gasteiger partial charge < -0.3 is 10.6 Å². The lowest BCUT2D eigenvalue weighted by molar-refractivity contribution is 0.199. The molecule has 0 radical (unpaired) electrons. The second-order valence-electron chi connectivity index (χ2n) is 6.43. The molecule has 3 nitrogen and oxygen atoms in total. The quantitative estimate of drug-likeness (QED) is 0.904. The summed E-state index contributed by atoms with van der Waals surface area (Å²) in [5.41, 5.74) is 10.3. The molecule has 0 bridgehead atoms. The van der Waals surface area contributed by atoms with Crippen LogP contribution < -0.4 is 10.6 Å². The van der Waals surface area contributed by atoms with Crippen molar-refractivity contribution in [2.45, 2.75) is 52.6 Å². The normalized spacial score (nSPS) is 21.6. The van der Waals surface area contributed by atoms with E-state index in [1.54, 1.807) is 0 Å². The minimum Gasteiger partial charge on any atom is -0.368 e. The van der Waals surface area contributed by atoms with Crippen molar-refractivity contribution in [3.8, 4) is 0 Å². The maximum absolute atomic E-state index is 6.20. The molecule has 1 saturated heterocycles. The summed E-state index contributed by atoms with van der Waals surface area (Å²) in [7, 11) is 0. The molecule has 0 aliphatic carbocycles. The number of nitrogens with two attached hydrogens (primary N) is 1. The maximum Gasteiger partial charge on any atom is 0.0400 e. The predicted octanol–water partition coefficient (Wildman–Crippen LogP) is 2.81. The Morgan fingerprint density at radius 1 is 1.29 bits per heavy atom. The van der Waals surface area contributed by atoms with Gasteiger partial charge in [0.1, 0.15) is 0 Å². The number of benzene rings is 1. The first-order chi connectivity index (χ1) is 10.0. The third kappa shape index (κ3) is 3.98. The summed E-state index contributed by atoms with van der Waals surface area (Å²) in [6.45, 7) is 13.5. The van der Waals surface area contributed by atoms with Gasteiger partial charge in [0.25, 0.3) is 0 Å². The zero-order valence-electron chi connectivity index (χ0n) is 14.1. The van der Waals surface area contributed by atoms with Gasteiger partial charge in [0, 0.05) is 37.4 Å². The lowest BCUT2D eigenvalue weighted by Gasteiger charge is -2.41. The molecular formula is C18H31N3. The molecular weight excluding hydrogens is 258 g/mol. The molecule has 1 aromatic carbocycles. The number of hydrogen-bond acceptors (Lipinski definition) is 3. The van der Waals surface area contributed by atoms with Crippen molar-refractivity contribution in [3.05, 3.63) is 29.3 Å². The van der Waals surface area contributed by atoms with Gasteiger partial charge in [-0.3, -0.25) is 4.90 Å². The maximum atomic E-state index is 6.20. The summed E-state index contributed by atoms with van der Waals surface area (Å²) in [6, 6.07) is 7.73. The number of nitrogens with zero attached hydrogens (tertiary/aromatic N) is 2. The van der Waals surface area contributed by atoms with E-state index in [0.717, 1.165) is 39.0 Å². The average molecular weight is 289 g/mol. The molecule has 2 unspecified atom stereocenters. The van der Waals surface area contributed by atoms with E-state index in [1.165, 1.54) is 16.8 Å². The molecule has 1 heterocycles. The van der Waals surface area contributed by atoms with Gasteiger partial charge in [-0.15, -0.1) is 0 Å². The Bertz CT molecular complexity index is 458. The van der Waals surface area contributed by atoms with E-state index in [0.29, 0.717) is 6.04 Å². The highest BCUT2D eigenvalue weighted by Crippen LogP contribution is 2.26.